The van der Waals surface area contributed by atoms with Crippen LogP contribution in [0.3, 0.4) is 0 Å². The molecule has 6 heteroatoms. The normalized spacial score (nSPS) is 10.3. The van der Waals surface area contributed by atoms with Crippen molar-refractivity contribution in [3.8, 4) is 11.6 Å². The Hall–Kier alpha value is -1.18. The Morgan fingerprint density at radius 3 is 3.00 bits per heavy atom. The highest BCUT2D eigenvalue weighted by atomic mass is 127. The topological polar surface area (TPSA) is 66.5 Å². The first-order valence-electron chi connectivity index (χ1n) is 4.57. The van der Waals surface area contributed by atoms with Gasteiger partial charge < -0.3 is 10.3 Å². The first kappa shape index (κ1) is 10.3. The van der Waals surface area contributed by atoms with Gasteiger partial charge in [-0.25, -0.2) is 15.0 Å². The number of imidazole rings is 1. The maximum Gasteiger partial charge on any atom is 0.197 e. The van der Waals surface area contributed by atoms with E-state index in [-0.39, 0.29) is 0 Å². The number of anilines is 1. The van der Waals surface area contributed by atoms with Crippen molar-refractivity contribution in [3.63, 3.8) is 0 Å². The average Bonchev–Trinajstić information content (AvgIpc) is 2.75. The predicted molar refractivity (Wildman–Crippen MR) is 66.5 cm³/mol. The maximum absolute atomic E-state index is 4.38. The van der Waals surface area contributed by atoms with Gasteiger partial charge >= 0.3 is 0 Å². The number of hydrogen-bond donors (Lipinski definition) is 2. The van der Waals surface area contributed by atoms with Crippen molar-refractivity contribution in [2.75, 3.05) is 11.9 Å². The molecule has 0 aliphatic carbocycles. The molecule has 2 heterocycles. The molecule has 0 saturated heterocycles. The van der Waals surface area contributed by atoms with Gasteiger partial charge in [-0.1, -0.05) is 0 Å². The Balaban J connectivity index is 2.38. The minimum atomic E-state index is 0.608. The average molecular weight is 315 g/mol. The van der Waals surface area contributed by atoms with Crippen molar-refractivity contribution in [3.05, 3.63) is 22.2 Å². The van der Waals surface area contributed by atoms with Crippen LogP contribution in [-0.4, -0.2) is 26.5 Å². The van der Waals surface area contributed by atoms with Gasteiger partial charge in [0, 0.05) is 25.1 Å². The summed E-state index contributed by atoms with van der Waals surface area (Å²) in [7, 11) is 0. The third kappa shape index (κ3) is 2.25. The molecular weight excluding hydrogens is 305 g/mol. The molecule has 0 spiro atoms. The molecular formula is C9H10IN5. The Morgan fingerprint density at radius 2 is 2.33 bits per heavy atom. The van der Waals surface area contributed by atoms with E-state index in [9.17, 15) is 0 Å². The van der Waals surface area contributed by atoms with Crippen molar-refractivity contribution in [2.45, 2.75) is 6.92 Å². The summed E-state index contributed by atoms with van der Waals surface area (Å²) in [5.41, 5.74) is 0. The maximum atomic E-state index is 4.38. The van der Waals surface area contributed by atoms with Gasteiger partial charge in [0.15, 0.2) is 11.6 Å². The molecule has 0 aliphatic rings. The molecule has 0 radical (unpaired) electrons. The molecule has 0 saturated carbocycles. The molecule has 2 aromatic rings. The zero-order valence-corrected chi connectivity index (χ0v) is 10.3. The van der Waals surface area contributed by atoms with Crippen LogP contribution < -0.4 is 5.32 Å². The minimum Gasteiger partial charge on any atom is -0.369 e. The van der Waals surface area contributed by atoms with E-state index in [0.717, 1.165) is 15.9 Å². The van der Waals surface area contributed by atoms with Gasteiger partial charge in [0.1, 0.15) is 5.82 Å². The number of hydrogen-bond acceptors (Lipinski definition) is 4. The summed E-state index contributed by atoms with van der Waals surface area (Å²) in [5.74, 6) is 2.14. The van der Waals surface area contributed by atoms with E-state index in [1.54, 1.807) is 18.6 Å². The van der Waals surface area contributed by atoms with Crippen LogP contribution in [0.4, 0.5) is 5.82 Å². The molecule has 5 nitrogen and oxygen atoms in total. The largest absolute Gasteiger partial charge is 0.369 e. The number of aromatic nitrogens is 4. The highest BCUT2D eigenvalue weighted by Gasteiger charge is 2.07. The van der Waals surface area contributed by atoms with Crippen LogP contribution in [0.1, 0.15) is 6.92 Å². The Labute approximate surface area is 101 Å². The minimum absolute atomic E-state index is 0.608. The lowest BCUT2D eigenvalue weighted by Gasteiger charge is -2.05. The van der Waals surface area contributed by atoms with E-state index in [4.69, 9.17) is 0 Å². The van der Waals surface area contributed by atoms with Crippen molar-refractivity contribution < 1.29 is 0 Å². The van der Waals surface area contributed by atoms with E-state index in [2.05, 4.69) is 47.8 Å². The van der Waals surface area contributed by atoms with Crippen molar-refractivity contribution in [2.24, 2.45) is 0 Å². The zero-order chi connectivity index (χ0) is 10.7. The second-order valence-electron chi connectivity index (χ2n) is 2.86. The van der Waals surface area contributed by atoms with Crippen LogP contribution in [-0.2, 0) is 0 Å². The molecule has 0 aromatic carbocycles. The first-order valence-corrected chi connectivity index (χ1v) is 5.65. The number of nitrogens with one attached hydrogen (secondary N) is 2. The van der Waals surface area contributed by atoms with Crippen LogP contribution in [0.25, 0.3) is 11.6 Å². The lowest BCUT2D eigenvalue weighted by atomic mass is 10.5. The molecule has 0 unspecified atom stereocenters. The third-order valence-corrected chi connectivity index (χ3v) is 2.59. The molecule has 0 aliphatic heterocycles. The molecule has 0 amide bonds. The first-order chi connectivity index (χ1) is 7.31. The lowest BCUT2D eigenvalue weighted by molar-refractivity contribution is 1.08. The van der Waals surface area contributed by atoms with Gasteiger partial charge in [-0.05, 0) is 29.5 Å². The number of nitrogens with zero attached hydrogens (tertiary/aromatic N) is 3. The van der Waals surface area contributed by atoms with Gasteiger partial charge in [-0.15, -0.1) is 0 Å². The summed E-state index contributed by atoms with van der Waals surface area (Å²) in [5, 5.41) is 3.18. The quantitative estimate of drug-likeness (QED) is 0.849. The van der Waals surface area contributed by atoms with Crippen LogP contribution in [0.5, 0.6) is 0 Å². The van der Waals surface area contributed by atoms with Gasteiger partial charge in [-0.2, -0.15) is 0 Å². The SMILES string of the molecule is CCNc1nc(-c2ncc[nH]2)ncc1I. The number of halogens is 1. The predicted octanol–water partition coefficient (Wildman–Crippen LogP) is 1.90. The summed E-state index contributed by atoms with van der Waals surface area (Å²) < 4.78 is 1.00. The van der Waals surface area contributed by atoms with Crippen LogP contribution in [0.2, 0.25) is 0 Å². The van der Waals surface area contributed by atoms with Crippen LogP contribution in [0, 0.1) is 3.57 Å². The van der Waals surface area contributed by atoms with Gasteiger partial charge in [-0.3, -0.25) is 0 Å². The Bertz CT molecular complexity index is 440. The van der Waals surface area contributed by atoms with E-state index >= 15 is 0 Å². The monoisotopic (exact) mass is 315 g/mol. The second kappa shape index (κ2) is 4.56. The molecule has 0 fully saturated rings. The van der Waals surface area contributed by atoms with Crippen molar-refractivity contribution in [1.29, 1.82) is 0 Å². The van der Waals surface area contributed by atoms with Gasteiger partial charge in [0.05, 0.1) is 3.57 Å². The van der Waals surface area contributed by atoms with E-state index in [0.29, 0.717) is 11.6 Å². The molecule has 15 heavy (non-hydrogen) atoms. The smallest absolute Gasteiger partial charge is 0.197 e. The number of rotatable bonds is 3. The fraction of sp³-hybridized carbons (Fsp3) is 0.222. The lowest BCUT2D eigenvalue weighted by Crippen LogP contribution is -2.04. The van der Waals surface area contributed by atoms with Gasteiger partial charge in [0.2, 0.25) is 0 Å². The van der Waals surface area contributed by atoms with Crippen LogP contribution >= 0.6 is 22.6 Å². The molecule has 0 atom stereocenters. The fourth-order valence-corrected chi connectivity index (χ4v) is 1.61. The van der Waals surface area contributed by atoms with Crippen molar-refractivity contribution in [1.82, 2.24) is 19.9 Å². The molecule has 78 valence electrons. The number of aromatic amines is 1. The van der Waals surface area contributed by atoms with E-state index in [1.165, 1.54) is 0 Å². The standard InChI is InChI=1S/C9H10IN5/c1-2-11-7-6(10)5-14-9(15-7)8-12-3-4-13-8/h3-5H,2H2,1H3,(H,12,13)(H,11,14,15). The molecule has 2 N–H and O–H groups in total. The third-order valence-electron chi connectivity index (χ3n) is 1.80. The molecule has 2 rings (SSSR count). The van der Waals surface area contributed by atoms with Crippen LogP contribution in [0.15, 0.2) is 18.6 Å². The van der Waals surface area contributed by atoms with Gasteiger partial charge in [0.25, 0.3) is 0 Å². The fourth-order valence-electron chi connectivity index (χ4n) is 1.16. The summed E-state index contributed by atoms with van der Waals surface area (Å²) in [6, 6.07) is 0. The summed E-state index contributed by atoms with van der Waals surface area (Å²) in [6.45, 7) is 2.87. The van der Waals surface area contributed by atoms with E-state index < -0.39 is 0 Å². The molecule has 2 aromatic heterocycles. The summed E-state index contributed by atoms with van der Waals surface area (Å²) in [6.07, 6.45) is 5.22. The van der Waals surface area contributed by atoms with Crippen molar-refractivity contribution >= 4 is 28.4 Å². The highest BCUT2D eigenvalue weighted by molar-refractivity contribution is 14.1. The Kier molecular flexibility index (Phi) is 3.14. The zero-order valence-electron chi connectivity index (χ0n) is 8.16. The summed E-state index contributed by atoms with van der Waals surface area (Å²) >= 11 is 2.20. The molecule has 0 bridgehead atoms. The number of H-pyrrole nitrogens is 1. The Morgan fingerprint density at radius 1 is 1.47 bits per heavy atom. The second-order valence-corrected chi connectivity index (χ2v) is 4.02. The highest BCUT2D eigenvalue weighted by Crippen LogP contribution is 2.17. The summed E-state index contributed by atoms with van der Waals surface area (Å²) in [4.78, 5) is 15.7. The van der Waals surface area contributed by atoms with E-state index in [1.807, 2.05) is 6.92 Å².